The second-order valence-electron chi connectivity index (χ2n) is 7.51. The van der Waals surface area contributed by atoms with Crippen molar-refractivity contribution in [3.05, 3.63) is 23.3 Å². The molecule has 0 spiro atoms. The Morgan fingerprint density at radius 2 is 1.15 bits per heavy atom. The molecule has 4 rings (SSSR count). The summed E-state index contributed by atoms with van der Waals surface area (Å²) in [5.41, 5.74) is -3.15. The Bertz CT molecular complexity index is 1190. The van der Waals surface area contributed by atoms with Gasteiger partial charge in [-0.05, 0) is 12.1 Å². The molecule has 14 nitrogen and oxygen atoms in total. The molecule has 2 aromatic carbocycles. The van der Waals surface area contributed by atoms with Crippen LogP contribution in [0.4, 0.5) is 0 Å². The number of esters is 2. The van der Waals surface area contributed by atoms with Crippen molar-refractivity contribution in [3.8, 4) is 45.6 Å². The summed E-state index contributed by atoms with van der Waals surface area (Å²) >= 11 is 0. The Balaban J connectivity index is 2.04. The Hall–Kier alpha value is -3.98. The third kappa shape index (κ3) is 3.36. The molecule has 0 aliphatic carbocycles. The summed E-state index contributed by atoms with van der Waals surface area (Å²) in [5, 5.41) is 90.9. The number of phenols is 6. The maximum atomic E-state index is 13.0. The molecule has 9 N–H and O–H groups in total. The number of hydrogen-bond donors (Lipinski definition) is 9. The molecule has 2 aliphatic heterocycles. The van der Waals surface area contributed by atoms with Crippen LogP contribution in [0.25, 0.3) is 11.1 Å². The van der Waals surface area contributed by atoms with Crippen molar-refractivity contribution in [1.29, 1.82) is 0 Å². The van der Waals surface area contributed by atoms with Gasteiger partial charge in [0.2, 0.25) is 11.5 Å². The number of aliphatic hydroxyl groups excluding tert-OH is 3. The minimum atomic E-state index is -2.02. The standard InChI is InChI=1S/C20H18O14/c21-3-8-13(26)16-17(20(31)32-8)34-19(30)5-2-7(23)12(25)15(28)10(5)9-4(18(29)33-16)1-6(22)11(24)14(9)27/h1-2,8,13,16-17,20-28,31H,3H2/t8-,13-,16+,17+,20-/m1/s1. The lowest BCUT2D eigenvalue weighted by molar-refractivity contribution is -0.285. The largest absolute Gasteiger partial charge is 0.504 e. The zero-order chi connectivity index (χ0) is 25.1. The van der Waals surface area contributed by atoms with Crippen LogP contribution in [0.15, 0.2) is 12.1 Å². The molecule has 2 aliphatic rings. The molecule has 0 radical (unpaired) electrons. The molecule has 1 fully saturated rings. The Morgan fingerprint density at radius 3 is 1.59 bits per heavy atom. The first-order chi connectivity index (χ1) is 16.0. The van der Waals surface area contributed by atoms with Crippen molar-refractivity contribution in [2.75, 3.05) is 6.61 Å². The summed E-state index contributed by atoms with van der Waals surface area (Å²) in [4.78, 5) is 26.0. The number of hydrogen-bond acceptors (Lipinski definition) is 14. The highest BCUT2D eigenvalue weighted by molar-refractivity contribution is 6.08. The van der Waals surface area contributed by atoms with Crippen LogP contribution in [0.3, 0.4) is 0 Å². The molecule has 14 heteroatoms. The average molecular weight is 482 g/mol. The monoisotopic (exact) mass is 482 g/mol. The summed E-state index contributed by atoms with van der Waals surface area (Å²) in [7, 11) is 0. The highest BCUT2D eigenvalue weighted by Gasteiger charge is 2.50. The van der Waals surface area contributed by atoms with Crippen molar-refractivity contribution in [1.82, 2.24) is 0 Å². The summed E-state index contributed by atoms with van der Waals surface area (Å²) in [6.07, 6.45) is -9.06. The molecule has 0 amide bonds. The normalized spacial score (nSPS) is 26.5. The fourth-order valence-electron chi connectivity index (χ4n) is 3.81. The zero-order valence-corrected chi connectivity index (χ0v) is 16.8. The maximum absolute atomic E-state index is 13.0. The fraction of sp³-hybridized carbons (Fsp3) is 0.300. The molecule has 0 aromatic heterocycles. The Kier molecular flexibility index (Phi) is 5.53. The van der Waals surface area contributed by atoms with E-state index in [1.165, 1.54) is 0 Å². The first kappa shape index (κ1) is 23.2. The first-order valence-corrected chi connectivity index (χ1v) is 9.58. The number of fused-ring (bicyclic) bond motifs is 4. The smallest absolute Gasteiger partial charge is 0.339 e. The molecule has 34 heavy (non-hydrogen) atoms. The van der Waals surface area contributed by atoms with Gasteiger partial charge in [-0.15, -0.1) is 0 Å². The van der Waals surface area contributed by atoms with Crippen LogP contribution < -0.4 is 0 Å². The highest BCUT2D eigenvalue weighted by Crippen LogP contribution is 2.53. The molecular formula is C20H18O14. The lowest BCUT2D eigenvalue weighted by Crippen LogP contribution is -2.61. The van der Waals surface area contributed by atoms with E-state index in [4.69, 9.17) is 14.2 Å². The third-order valence-corrected chi connectivity index (χ3v) is 5.50. The van der Waals surface area contributed by atoms with Gasteiger partial charge >= 0.3 is 11.9 Å². The van der Waals surface area contributed by atoms with Crippen LogP contribution in [0.5, 0.6) is 34.5 Å². The summed E-state index contributed by atoms with van der Waals surface area (Å²) in [6.45, 7) is -0.831. The summed E-state index contributed by atoms with van der Waals surface area (Å²) in [5.74, 6) is -9.67. The van der Waals surface area contributed by atoms with Gasteiger partial charge in [-0.2, -0.15) is 0 Å². The number of rotatable bonds is 1. The summed E-state index contributed by atoms with van der Waals surface area (Å²) in [6, 6.07) is 1.21. The van der Waals surface area contributed by atoms with Crippen LogP contribution in [0, 0.1) is 0 Å². The van der Waals surface area contributed by atoms with E-state index < -0.39 is 106 Å². The second kappa shape index (κ2) is 8.11. The quantitative estimate of drug-likeness (QED) is 0.170. The SMILES string of the molecule is O=C1O[C@H]2[C@H](O)[C@@H](CO)O[C@@H](O)[C@H]2OC(=O)c2cc(O)c(O)c(O)c2-c2c1cc(O)c(O)c2O. The van der Waals surface area contributed by atoms with Gasteiger partial charge in [-0.1, -0.05) is 0 Å². The minimum Gasteiger partial charge on any atom is -0.504 e. The van der Waals surface area contributed by atoms with Crippen LogP contribution in [-0.4, -0.2) is 95.2 Å². The molecule has 2 aromatic rings. The molecule has 0 saturated carbocycles. The molecule has 5 atom stereocenters. The van der Waals surface area contributed by atoms with Gasteiger partial charge in [0.1, 0.15) is 12.2 Å². The number of benzene rings is 2. The van der Waals surface area contributed by atoms with Crippen LogP contribution in [-0.2, 0) is 14.2 Å². The lowest BCUT2D eigenvalue weighted by atomic mass is 9.91. The van der Waals surface area contributed by atoms with Gasteiger partial charge in [0.15, 0.2) is 41.5 Å². The number of aromatic hydroxyl groups is 6. The minimum absolute atomic E-state index is 0.602. The fourth-order valence-corrected chi connectivity index (χ4v) is 3.81. The van der Waals surface area contributed by atoms with E-state index in [0.29, 0.717) is 12.1 Å². The van der Waals surface area contributed by atoms with E-state index in [2.05, 4.69) is 0 Å². The Labute approximate surface area is 188 Å². The van der Waals surface area contributed by atoms with E-state index in [1.807, 2.05) is 0 Å². The van der Waals surface area contributed by atoms with Gasteiger partial charge in [0.05, 0.1) is 17.7 Å². The van der Waals surface area contributed by atoms with E-state index in [1.54, 1.807) is 0 Å². The number of carbonyl (C=O) groups excluding carboxylic acids is 2. The van der Waals surface area contributed by atoms with Crippen molar-refractivity contribution in [2.45, 2.75) is 30.7 Å². The zero-order valence-electron chi connectivity index (χ0n) is 16.8. The van der Waals surface area contributed by atoms with Gasteiger partial charge in [0, 0.05) is 11.1 Å². The number of phenolic OH excluding ortho intramolecular Hbond substituents is 6. The van der Waals surface area contributed by atoms with E-state index >= 15 is 0 Å². The van der Waals surface area contributed by atoms with E-state index in [-0.39, 0.29) is 0 Å². The maximum Gasteiger partial charge on any atom is 0.339 e. The van der Waals surface area contributed by atoms with Crippen molar-refractivity contribution >= 4 is 11.9 Å². The number of ether oxygens (including phenoxy) is 3. The van der Waals surface area contributed by atoms with E-state index in [0.717, 1.165) is 0 Å². The topological polar surface area (TPSA) is 244 Å². The van der Waals surface area contributed by atoms with Crippen molar-refractivity contribution in [2.24, 2.45) is 0 Å². The average Bonchev–Trinajstić information content (AvgIpc) is 2.79. The molecule has 2 heterocycles. The molecule has 1 saturated heterocycles. The van der Waals surface area contributed by atoms with Crippen molar-refractivity contribution < 1.29 is 69.8 Å². The second-order valence-corrected chi connectivity index (χ2v) is 7.51. The van der Waals surface area contributed by atoms with Gasteiger partial charge < -0.3 is 60.2 Å². The van der Waals surface area contributed by atoms with E-state index in [9.17, 15) is 55.5 Å². The van der Waals surface area contributed by atoms with Gasteiger partial charge in [-0.25, -0.2) is 9.59 Å². The molecule has 0 bridgehead atoms. The lowest BCUT2D eigenvalue weighted by Gasteiger charge is -2.41. The van der Waals surface area contributed by atoms with Crippen LogP contribution in [0.1, 0.15) is 20.7 Å². The van der Waals surface area contributed by atoms with Gasteiger partial charge in [-0.3, -0.25) is 0 Å². The predicted molar refractivity (Wildman–Crippen MR) is 104 cm³/mol. The molecular weight excluding hydrogens is 464 g/mol. The molecule has 182 valence electrons. The Morgan fingerprint density at radius 1 is 0.706 bits per heavy atom. The van der Waals surface area contributed by atoms with Crippen LogP contribution in [0.2, 0.25) is 0 Å². The predicted octanol–water partition coefficient (Wildman–Crippen LogP) is -1.28. The number of carbonyl (C=O) groups is 2. The first-order valence-electron chi connectivity index (χ1n) is 9.58. The number of aliphatic hydroxyl groups is 3. The molecule has 0 unspecified atom stereocenters. The third-order valence-electron chi connectivity index (χ3n) is 5.50. The van der Waals surface area contributed by atoms with Crippen molar-refractivity contribution in [3.63, 3.8) is 0 Å². The highest BCUT2D eigenvalue weighted by atomic mass is 16.7. The summed E-state index contributed by atoms with van der Waals surface area (Å²) < 4.78 is 15.3. The van der Waals surface area contributed by atoms with Crippen LogP contribution >= 0.6 is 0 Å². The van der Waals surface area contributed by atoms with Gasteiger partial charge in [0.25, 0.3) is 0 Å².